The summed E-state index contributed by atoms with van der Waals surface area (Å²) in [4.78, 5) is 5.02. The van der Waals surface area contributed by atoms with Gasteiger partial charge in [-0.05, 0) is 48.4 Å². The summed E-state index contributed by atoms with van der Waals surface area (Å²) in [5.41, 5.74) is 3.68. The molecule has 1 aliphatic rings. The summed E-state index contributed by atoms with van der Waals surface area (Å²) in [6.07, 6.45) is 0.303. The summed E-state index contributed by atoms with van der Waals surface area (Å²) in [6.45, 7) is 2.38. The predicted molar refractivity (Wildman–Crippen MR) is 125 cm³/mol. The Morgan fingerprint density at radius 3 is 2.44 bits per heavy atom. The second kappa shape index (κ2) is 9.75. The standard InChI is InChI=1S/C26H28N2O4/c1-4-32-24-13-7-12-21(25(24)29)23-16-22(17-8-5-10-19(14-17)30-2)27-26(28-23)18-9-6-11-20(15-18)31-3/h5-15,23,26,28-29H,4,16H2,1-3H3/t23-,26+/m0/s1. The Bertz CT molecular complexity index is 1110. The molecule has 0 saturated heterocycles. The Labute approximate surface area is 188 Å². The molecule has 2 N–H and O–H groups in total. The largest absolute Gasteiger partial charge is 0.504 e. The molecule has 0 radical (unpaired) electrons. The summed E-state index contributed by atoms with van der Waals surface area (Å²) in [7, 11) is 3.31. The van der Waals surface area contributed by atoms with E-state index in [0.717, 1.165) is 33.9 Å². The minimum Gasteiger partial charge on any atom is -0.504 e. The highest BCUT2D eigenvalue weighted by Crippen LogP contribution is 2.39. The number of nitrogens with zero attached hydrogens (tertiary/aromatic N) is 1. The van der Waals surface area contributed by atoms with Crippen LogP contribution in [0.5, 0.6) is 23.0 Å². The zero-order chi connectivity index (χ0) is 22.5. The number of rotatable bonds is 7. The zero-order valence-electron chi connectivity index (χ0n) is 18.5. The molecule has 1 aliphatic heterocycles. The van der Waals surface area contributed by atoms with Crippen LogP contribution < -0.4 is 19.5 Å². The fraction of sp³-hybridized carbons (Fsp3) is 0.269. The first-order valence-electron chi connectivity index (χ1n) is 10.7. The number of phenolic OH excluding ortho intramolecular Hbond substituents is 1. The maximum atomic E-state index is 10.9. The van der Waals surface area contributed by atoms with E-state index in [9.17, 15) is 5.11 Å². The molecule has 0 amide bonds. The average Bonchev–Trinajstić information content (AvgIpc) is 2.85. The van der Waals surface area contributed by atoms with E-state index in [0.29, 0.717) is 18.8 Å². The van der Waals surface area contributed by atoms with Gasteiger partial charge in [0.15, 0.2) is 11.5 Å². The second-order valence-corrected chi connectivity index (χ2v) is 7.54. The maximum Gasteiger partial charge on any atom is 0.162 e. The topological polar surface area (TPSA) is 72.3 Å². The van der Waals surface area contributed by atoms with Crippen molar-refractivity contribution in [1.29, 1.82) is 0 Å². The molecule has 0 fully saturated rings. The first-order valence-corrected chi connectivity index (χ1v) is 10.7. The number of hydrogen-bond donors (Lipinski definition) is 2. The monoisotopic (exact) mass is 432 g/mol. The lowest BCUT2D eigenvalue weighted by Gasteiger charge is -2.31. The normalized spacial score (nSPS) is 18.0. The van der Waals surface area contributed by atoms with E-state index in [4.69, 9.17) is 19.2 Å². The molecule has 3 aromatic rings. The fourth-order valence-corrected chi connectivity index (χ4v) is 3.96. The van der Waals surface area contributed by atoms with Crippen LogP contribution in [-0.2, 0) is 0 Å². The van der Waals surface area contributed by atoms with Crippen LogP contribution in [0.25, 0.3) is 0 Å². The molecule has 0 saturated carbocycles. The second-order valence-electron chi connectivity index (χ2n) is 7.54. The van der Waals surface area contributed by atoms with Crippen LogP contribution in [0.4, 0.5) is 0 Å². The van der Waals surface area contributed by atoms with Crippen LogP contribution >= 0.6 is 0 Å². The van der Waals surface area contributed by atoms with Crippen LogP contribution in [0.15, 0.2) is 71.7 Å². The van der Waals surface area contributed by atoms with Gasteiger partial charge in [0.1, 0.15) is 17.7 Å². The summed E-state index contributed by atoms with van der Waals surface area (Å²) in [5, 5.41) is 14.5. The van der Waals surface area contributed by atoms with Gasteiger partial charge in [0.2, 0.25) is 0 Å². The molecule has 4 rings (SSSR count). The minimum absolute atomic E-state index is 0.156. The molecular weight excluding hydrogens is 404 g/mol. The molecule has 6 heteroatoms. The molecule has 166 valence electrons. The van der Waals surface area contributed by atoms with Crippen LogP contribution in [-0.4, -0.2) is 31.6 Å². The van der Waals surface area contributed by atoms with E-state index < -0.39 is 0 Å². The molecule has 0 bridgehead atoms. The van der Waals surface area contributed by atoms with Gasteiger partial charge < -0.3 is 19.3 Å². The predicted octanol–water partition coefficient (Wildman–Crippen LogP) is 5.03. The van der Waals surface area contributed by atoms with Crippen LogP contribution in [0.3, 0.4) is 0 Å². The summed E-state index contributed by atoms with van der Waals surface area (Å²) >= 11 is 0. The lowest BCUT2D eigenvalue weighted by molar-refractivity contribution is 0.313. The van der Waals surface area contributed by atoms with Crippen molar-refractivity contribution >= 4 is 5.71 Å². The Morgan fingerprint density at radius 2 is 1.69 bits per heavy atom. The quantitative estimate of drug-likeness (QED) is 0.548. The minimum atomic E-state index is -0.305. The highest BCUT2D eigenvalue weighted by molar-refractivity contribution is 6.02. The lowest BCUT2D eigenvalue weighted by atomic mass is 9.93. The van der Waals surface area contributed by atoms with E-state index in [1.807, 2.05) is 67.6 Å². The van der Waals surface area contributed by atoms with Gasteiger partial charge >= 0.3 is 0 Å². The van der Waals surface area contributed by atoms with Crippen molar-refractivity contribution in [3.63, 3.8) is 0 Å². The molecular formula is C26H28N2O4. The van der Waals surface area contributed by atoms with E-state index >= 15 is 0 Å². The lowest BCUT2D eigenvalue weighted by Crippen LogP contribution is -2.33. The van der Waals surface area contributed by atoms with Crippen molar-refractivity contribution in [2.45, 2.75) is 25.6 Å². The number of para-hydroxylation sites is 1. The fourth-order valence-electron chi connectivity index (χ4n) is 3.96. The summed E-state index contributed by atoms with van der Waals surface area (Å²) < 4.78 is 16.4. The number of nitrogens with one attached hydrogen (secondary N) is 1. The molecule has 1 heterocycles. The van der Waals surface area contributed by atoms with Crippen molar-refractivity contribution in [1.82, 2.24) is 5.32 Å². The molecule has 3 aromatic carbocycles. The molecule has 0 aromatic heterocycles. The van der Waals surface area contributed by atoms with E-state index in [1.165, 1.54) is 0 Å². The highest BCUT2D eigenvalue weighted by atomic mass is 16.5. The number of benzene rings is 3. The van der Waals surface area contributed by atoms with Crippen LogP contribution in [0.1, 0.15) is 42.2 Å². The first kappa shape index (κ1) is 21.7. The molecule has 6 nitrogen and oxygen atoms in total. The number of phenols is 1. The smallest absolute Gasteiger partial charge is 0.162 e. The van der Waals surface area contributed by atoms with Crippen molar-refractivity contribution in [2.24, 2.45) is 4.99 Å². The van der Waals surface area contributed by atoms with Gasteiger partial charge in [-0.2, -0.15) is 0 Å². The van der Waals surface area contributed by atoms with Gasteiger partial charge in [0, 0.05) is 23.7 Å². The number of methoxy groups -OCH3 is 2. The van der Waals surface area contributed by atoms with Crippen LogP contribution in [0, 0.1) is 0 Å². The Kier molecular flexibility index (Phi) is 6.61. The third-order valence-corrected chi connectivity index (χ3v) is 5.56. The molecule has 2 atom stereocenters. The SMILES string of the molecule is CCOc1cccc([C@@H]2CC(c3cccc(OC)c3)=N[C@@H](c3cccc(OC)c3)N2)c1O. The first-order chi connectivity index (χ1) is 15.6. The molecule has 0 unspecified atom stereocenters. The van der Waals surface area contributed by atoms with Crippen molar-refractivity contribution < 1.29 is 19.3 Å². The Hall–Kier alpha value is -3.51. The van der Waals surface area contributed by atoms with E-state index in [2.05, 4.69) is 5.32 Å². The molecule has 0 spiro atoms. The summed E-state index contributed by atoms with van der Waals surface area (Å²) in [6, 6.07) is 21.2. The average molecular weight is 433 g/mol. The van der Waals surface area contributed by atoms with Crippen molar-refractivity contribution in [2.75, 3.05) is 20.8 Å². The van der Waals surface area contributed by atoms with Gasteiger partial charge in [-0.25, -0.2) is 0 Å². The highest BCUT2D eigenvalue weighted by Gasteiger charge is 2.29. The Morgan fingerprint density at radius 1 is 0.969 bits per heavy atom. The third kappa shape index (κ3) is 4.55. The zero-order valence-corrected chi connectivity index (χ0v) is 18.5. The van der Waals surface area contributed by atoms with Gasteiger partial charge in [-0.1, -0.05) is 36.4 Å². The number of hydrogen-bond acceptors (Lipinski definition) is 6. The van der Waals surface area contributed by atoms with Gasteiger partial charge in [-0.3, -0.25) is 10.3 Å². The van der Waals surface area contributed by atoms with E-state index in [1.54, 1.807) is 20.3 Å². The van der Waals surface area contributed by atoms with Crippen molar-refractivity contribution in [3.8, 4) is 23.0 Å². The van der Waals surface area contributed by atoms with Gasteiger partial charge in [0.05, 0.1) is 20.8 Å². The van der Waals surface area contributed by atoms with Gasteiger partial charge in [-0.15, -0.1) is 0 Å². The Balaban J connectivity index is 1.77. The van der Waals surface area contributed by atoms with Crippen molar-refractivity contribution in [3.05, 3.63) is 83.4 Å². The molecule has 0 aliphatic carbocycles. The number of aromatic hydroxyl groups is 1. The number of aliphatic imine (C=N–C) groups is 1. The van der Waals surface area contributed by atoms with Gasteiger partial charge in [0.25, 0.3) is 0 Å². The summed E-state index contributed by atoms with van der Waals surface area (Å²) in [5.74, 6) is 2.18. The van der Waals surface area contributed by atoms with Crippen LogP contribution in [0.2, 0.25) is 0 Å². The molecule has 32 heavy (non-hydrogen) atoms. The maximum absolute atomic E-state index is 10.9. The third-order valence-electron chi connectivity index (χ3n) is 5.56. The number of ether oxygens (including phenoxy) is 3. The van der Waals surface area contributed by atoms with E-state index in [-0.39, 0.29) is 18.0 Å².